The molecule has 0 radical (unpaired) electrons. The predicted molar refractivity (Wildman–Crippen MR) is 86.4 cm³/mol. The summed E-state index contributed by atoms with van der Waals surface area (Å²) in [5.41, 5.74) is 0.873. The Morgan fingerprint density at radius 2 is 2.00 bits per heavy atom. The van der Waals surface area contributed by atoms with Gasteiger partial charge in [0.05, 0.1) is 11.8 Å². The molecule has 3 atom stereocenters. The molecule has 1 aliphatic rings. The topological polar surface area (TPSA) is 41.3 Å². The third-order valence-electron chi connectivity index (χ3n) is 5.37. The van der Waals surface area contributed by atoms with Crippen molar-refractivity contribution in [3.63, 3.8) is 0 Å². The van der Waals surface area contributed by atoms with Gasteiger partial charge in [0.1, 0.15) is 0 Å². The smallest absolute Gasteiger partial charge is 0.0777 e. The highest BCUT2D eigenvalue weighted by Gasteiger charge is 2.38. The Hall–Kier alpha value is -0.870. The fraction of sp³-hybridized carbons (Fsp3) is 0.824. The Labute approximate surface area is 129 Å². The van der Waals surface area contributed by atoms with E-state index in [4.69, 9.17) is 0 Å². The molecule has 1 fully saturated rings. The number of nitrogens with zero attached hydrogens (tertiary/aromatic N) is 3. The first-order valence-corrected chi connectivity index (χ1v) is 8.48. The van der Waals surface area contributed by atoms with Gasteiger partial charge in [0.2, 0.25) is 0 Å². The van der Waals surface area contributed by atoms with Gasteiger partial charge in [0.15, 0.2) is 0 Å². The molecule has 1 saturated heterocycles. The highest BCUT2D eigenvalue weighted by Crippen LogP contribution is 2.29. The van der Waals surface area contributed by atoms with Gasteiger partial charge in [0.25, 0.3) is 0 Å². The van der Waals surface area contributed by atoms with Crippen molar-refractivity contribution >= 4 is 0 Å². The van der Waals surface area contributed by atoms with Crippen LogP contribution in [0.5, 0.6) is 0 Å². The quantitative estimate of drug-likeness (QED) is 0.840. The number of hydrogen-bond acceptors (Lipinski definition) is 3. The molecule has 120 valence electrons. The first-order chi connectivity index (χ1) is 10.0. The van der Waals surface area contributed by atoms with Crippen molar-refractivity contribution in [2.75, 3.05) is 13.1 Å². The summed E-state index contributed by atoms with van der Waals surface area (Å²) in [6.07, 6.45) is 6.88. The molecule has 0 spiro atoms. The average Bonchev–Trinajstić information content (AvgIpc) is 3.17. The van der Waals surface area contributed by atoms with E-state index in [2.05, 4.69) is 43.8 Å². The van der Waals surface area contributed by atoms with E-state index in [1.165, 1.54) is 12.8 Å². The van der Waals surface area contributed by atoms with Crippen molar-refractivity contribution in [3.8, 4) is 0 Å². The molecule has 2 rings (SSSR count). The van der Waals surface area contributed by atoms with Crippen molar-refractivity contribution < 1.29 is 5.11 Å². The van der Waals surface area contributed by atoms with Gasteiger partial charge in [-0.2, -0.15) is 5.10 Å². The summed E-state index contributed by atoms with van der Waals surface area (Å²) in [5.74, 6) is 0. The maximum atomic E-state index is 10.8. The lowest BCUT2D eigenvalue weighted by molar-refractivity contribution is -0.0122. The summed E-state index contributed by atoms with van der Waals surface area (Å²) in [6.45, 7) is 11.0. The number of aliphatic hydroxyl groups excluding tert-OH is 1. The molecule has 3 unspecified atom stereocenters. The standard InChI is InChI=1S/C17H31N3O/c1-5-14(3)20-12-9-15(18-20)13-16(21)17(4,6-2)19-10-7-8-11-19/h9,12,14,16,21H,5-8,10-11,13H2,1-4H3. The van der Waals surface area contributed by atoms with Gasteiger partial charge in [-0.15, -0.1) is 0 Å². The van der Waals surface area contributed by atoms with Crippen LogP contribution in [0, 0.1) is 0 Å². The molecule has 21 heavy (non-hydrogen) atoms. The van der Waals surface area contributed by atoms with E-state index in [1.807, 2.05) is 10.9 Å². The van der Waals surface area contributed by atoms with Crippen molar-refractivity contribution in [3.05, 3.63) is 18.0 Å². The lowest BCUT2D eigenvalue weighted by atomic mass is 9.87. The molecule has 0 aliphatic carbocycles. The molecule has 1 N–H and O–H groups in total. The Kier molecular flexibility index (Phi) is 5.44. The zero-order chi connectivity index (χ0) is 15.5. The van der Waals surface area contributed by atoms with Crippen LogP contribution in [0.1, 0.15) is 65.1 Å². The summed E-state index contributed by atoms with van der Waals surface area (Å²) in [7, 11) is 0. The van der Waals surface area contributed by atoms with E-state index in [0.717, 1.165) is 31.6 Å². The van der Waals surface area contributed by atoms with Gasteiger partial charge in [-0.25, -0.2) is 0 Å². The SMILES string of the molecule is CCC(C)n1ccc(CC(O)C(C)(CC)N2CCCC2)n1. The summed E-state index contributed by atoms with van der Waals surface area (Å²) >= 11 is 0. The molecule has 4 nitrogen and oxygen atoms in total. The molecule has 2 heterocycles. The zero-order valence-corrected chi connectivity index (χ0v) is 14.0. The van der Waals surface area contributed by atoms with Crippen LogP contribution in [-0.4, -0.2) is 44.5 Å². The van der Waals surface area contributed by atoms with Crippen LogP contribution in [0.4, 0.5) is 0 Å². The number of aromatic nitrogens is 2. The van der Waals surface area contributed by atoms with Gasteiger partial charge in [0, 0.05) is 24.2 Å². The van der Waals surface area contributed by atoms with Crippen LogP contribution in [0.25, 0.3) is 0 Å². The third-order valence-corrected chi connectivity index (χ3v) is 5.37. The van der Waals surface area contributed by atoms with Crippen molar-refractivity contribution in [2.24, 2.45) is 0 Å². The molecule has 0 bridgehead atoms. The highest BCUT2D eigenvalue weighted by atomic mass is 16.3. The number of aliphatic hydroxyl groups is 1. The van der Waals surface area contributed by atoms with Crippen molar-refractivity contribution in [2.45, 2.75) is 77.5 Å². The summed E-state index contributed by atoms with van der Waals surface area (Å²) in [4.78, 5) is 2.46. The van der Waals surface area contributed by atoms with Crippen molar-refractivity contribution in [1.29, 1.82) is 0 Å². The summed E-state index contributed by atoms with van der Waals surface area (Å²) < 4.78 is 2.02. The Balaban J connectivity index is 2.04. The second-order valence-electron chi connectivity index (χ2n) is 6.67. The molecule has 1 aliphatic heterocycles. The number of rotatable bonds is 7. The molecule has 1 aromatic rings. The lowest BCUT2D eigenvalue weighted by Crippen LogP contribution is -2.53. The first kappa shape index (κ1) is 16.5. The van der Waals surface area contributed by atoms with E-state index in [-0.39, 0.29) is 11.6 Å². The molecule has 0 amide bonds. The van der Waals surface area contributed by atoms with Crippen LogP contribution >= 0.6 is 0 Å². The average molecular weight is 293 g/mol. The molecular weight excluding hydrogens is 262 g/mol. The lowest BCUT2D eigenvalue weighted by Gasteiger charge is -2.42. The number of likely N-dealkylation sites (tertiary alicyclic amines) is 1. The molecule has 0 saturated carbocycles. The minimum Gasteiger partial charge on any atom is -0.391 e. The zero-order valence-electron chi connectivity index (χ0n) is 14.0. The predicted octanol–water partition coefficient (Wildman–Crippen LogP) is 3.02. The first-order valence-electron chi connectivity index (χ1n) is 8.48. The Morgan fingerprint density at radius 1 is 1.33 bits per heavy atom. The Morgan fingerprint density at radius 3 is 2.57 bits per heavy atom. The van der Waals surface area contributed by atoms with Gasteiger partial charge < -0.3 is 5.11 Å². The minimum atomic E-state index is -0.360. The largest absolute Gasteiger partial charge is 0.391 e. The summed E-state index contributed by atoms with van der Waals surface area (Å²) in [5, 5.41) is 15.4. The molecule has 0 aromatic carbocycles. The normalized spacial score (nSPS) is 22.1. The third kappa shape index (κ3) is 3.49. The monoisotopic (exact) mass is 293 g/mol. The van der Waals surface area contributed by atoms with Crippen LogP contribution in [0.15, 0.2) is 12.3 Å². The van der Waals surface area contributed by atoms with Gasteiger partial charge in [-0.1, -0.05) is 13.8 Å². The van der Waals surface area contributed by atoms with E-state index < -0.39 is 0 Å². The van der Waals surface area contributed by atoms with Gasteiger partial charge in [-0.3, -0.25) is 9.58 Å². The molecular formula is C17H31N3O. The van der Waals surface area contributed by atoms with E-state index >= 15 is 0 Å². The van der Waals surface area contributed by atoms with Gasteiger partial charge >= 0.3 is 0 Å². The molecule has 1 aromatic heterocycles. The van der Waals surface area contributed by atoms with E-state index in [0.29, 0.717) is 12.5 Å². The van der Waals surface area contributed by atoms with Crippen LogP contribution < -0.4 is 0 Å². The fourth-order valence-electron chi connectivity index (χ4n) is 3.23. The minimum absolute atomic E-state index is 0.128. The van der Waals surface area contributed by atoms with E-state index in [1.54, 1.807) is 0 Å². The van der Waals surface area contributed by atoms with Crippen LogP contribution in [-0.2, 0) is 6.42 Å². The Bertz CT molecular complexity index is 439. The fourth-order valence-corrected chi connectivity index (χ4v) is 3.23. The van der Waals surface area contributed by atoms with Gasteiger partial charge in [-0.05, 0) is 58.7 Å². The maximum Gasteiger partial charge on any atom is 0.0777 e. The maximum absolute atomic E-state index is 10.8. The highest BCUT2D eigenvalue weighted by molar-refractivity contribution is 5.06. The second kappa shape index (κ2) is 6.93. The van der Waals surface area contributed by atoms with Crippen LogP contribution in [0.3, 0.4) is 0 Å². The van der Waals surface area contributed by atoms with Crippen LogP contribution in [0.2, 0.25) is 0 Å². The number of hydrogen-bond donors (Lipinski definition) is 1. The van der Waals surface area contributed by atoms with E-state index in [9.17, 15) is 5.11 Å². The molecule has 4 heteroatoms. The summed E-state index contributed by atoms with van der Waals surface area (Å²) in [6, 6.07) is 2.47. The van der Waals surface area contributed by atoms with Crippen molar-refractivity contribution in [1.82, 2.24) is 14.7 Å². The second-order valence-corrected chi connectivity index (χ2v) is 6.67.